The molecule has 0 aromatic heterocycles. The average molecular weight is 393 g/mol. The summed E-state index contributed by atoms with van der Waals surface area (Å²) in [4.78, 5) is 11.9. The summed E-state index contributed by atoms with van der Waals surface area (Å²) >= 11 is 0. The van der Waals surface area contributed by atoms with Crippen LogP contribution in [0.25, 0.3) is 17.2 Å². The third kappa shape index (κ3) is 3.49. The van der Waals surface area contributed by atoms with Gasteiger partial charge in [0.1, 0.15) is 0 Å². The zero-order valence-electron chi connectivity index (χ0n) is 15.7. The predicted octanol–water partition coefficient (Wildman–Crippen LogP) is 4.01. The number of allylic oxidation sites excluding steroid dienone is 2. The number of carbonyl (C=O) groups is 1. The second kappa shape index (κ2) is 7.10. The Morgan fingerprint density at radius 3 is 2.32 bits per heavy atom. The van der Waals surface area contributed by atoms with E-state index < -0.39 is 21.7 Å². The van der Waals surface area contributed by atoms with Gasteiger partial charge in [-0.05, 0) is 77.6 Å². The van der Waals surface area contributed by atoms with Crippen LogP contribution in [-0.4, -0.2) is 25.7 Å². The second-order valence-corrected chi connectivity index (χ2v) is 8.89. The van der Waals surface area contributed by atoms with Crippen molar-refractivity contribution in [1.82, 2.24) is 0 Å². The van der Waals surface area contributed by atoms with E-state index in [-0.39, 0.29) is 4.90 Å². The fourth-order valence-corrected chi connectivity index (χ4v) is 4.10. The Hall–Kier alpha value is -3.17. The van der Waals surface area contributed by atoms with Crippen molar-refractivity contribution in [3.8, 4) is 6.07 Å². The molecular weight excluding hydrogens is 374 g/mol. The van der Waals surface area contributed by atoms with Gasteiger partial charge in [0.25, 0.3) is 0 Å². The first-order chi connectivity index (χ1) is 13.1. The standard InChI is InChI=1S/C22H19NO4S/c1-13-19(10-15-4-7-17(8-5-15)28(3,26)27)18-9-6-16(12-23)11-20(18)21(13)14(2)22(24)25/h4-11,14H,1-3H3,(H,24,25)/b19-10+. The van der Waals surface area contributed by atoms with Crippen molar-refractivity contribution < 1.29 is 18.3 Å². The maximum absolute atomic E-state index is 11.6. The van der Waals surface area contributed by atoms with Crippen molar-refractivity contribution in [3.63, 3.8) is 0 Å². The summed E-state index contributed by atoms with van der Waals surface area (Å²) in [5.74, 6) is -1.65. The first kappa shape index (κ1) is 19.6. The lowest BCUT2D eigenvalue weighted by atomic mass is 9.93. The molecule has 28 heavy (non-hydrogen) atoms. The van der Waals surface area contributed by atoms with E-state index in [1.165, 1.54) is 0 Å². The molecule has 1 N–H and O–H groups in total. The average Bonchev–Trinajstić information content (AvgIpc) is 2.91. The van der Waals surface area contributed by atoms with Gasteiger partial charge in [-0.1, -0.05) is 18.2 Å². The molecule has 0 spiro atoms. The van der Waals surface area contributed by atoms with E-state index in [4.69, 9.17) is 0 Å². The molecule has 1 aliphatic carbocycles. The number of fused-ring (bicyclic) bond motifs is 1. The van der Waals surface area contributed by atoms with Gasteiger partial charge in [0.2, 0.25) is 0 Å². The van der Waals surface area contributed by atoms with E-state index >= 15 is 0 Å². The number of carboxylic acids is 1. The van der Waals surface area contributed by atoms with Crippen molar-refractivity contribution >= 4 is 33.0 Å². The van der Waals surface area contributed by atoms with Crippen LogP contribution in [0.2, 0.25) is 0 Å². The van der Waals surface area contributed by atoms with E-state index in [9.17, 15) is 23.6 Å². The Morgan fingerprint density at radius 1 is 1.14 bits per heavy atom. The summed E-state index contributed by atoms with van der Waals surface area (Å²) in [6.07, 6.45) is 3.07. The van der Waals surface area contributed by atoms with E-state index in [1.807, 2.05) is 19.1 Å². The van der Waals surface area contributed by atoms with Gasteiger partial charge in [0, 0.05) is 6.26 Å². The van der Waals surface area contributed by atoms with Gasteiger partial charge >= 0.3 is 5.97 Å². The molecule has 142 valence electrons. The molecule has 2 aromatic rings. The van der Waals surface area contributed by atoms with E-state index in [0.717, 1.165) is 34.1 Å². The molecule has 1 unspecified atom stereocenters. The van der Waals surface area contributed by atoms with E-state index in [2.05, 4.69) is 6.07 Å². The molecule has 6 heteroatoms. The zero-order valence-corrected chi connectivity index (χ0v) is 16.5. The summed E-state index contributed by atoms with van der Waals surface area (Å²) < 4.78 is 23.3. The van der Waals surface area contributed by atoms with Gasteiger partial charge < -0.3 is 5.11 Å². The maximum Gasteiger partial charge on any atom is 0.310 e. The Bertz CT molecular complexity index is 1180. The van der Waals surface area contributed by atoms with Crippen molar-refractivity contribution in [2.75, 3.05) is 6.26 Å². The predicted molar refractivity (Wildman–Crippen MR) is 108 cm³/mol. The van der Waals surface area contributed by atoms with Crippen LogP contribution in [0.5, 0.6) is 0 Å². The van der Waals surface area contributed by atoms with Crippen LogP contribution in [0.3, 0.4) is 0 Å². The van der Waals surface area contributed by atoms with Crippen LogP contribution in [0.15, 0.2) is 52.9 Å². The Morgan fingerprint density at radius 2 is 1.79 bits per heavy atom. The summed E-state index contributed by atoms with van der Waals surface area (Å²) in [5, 5.41) is 18.7. The van der Waals surface area contributed by atoms with Gasteiger partial charge in [-0.25, -0.2) is 8.42 Å². The molecule has 0 bridgehead atoms. The fraction of sp³-hybridized carbons (Fsp3) is 0.182. The lowest BCUT2D eigenvalue weighted by molar-refractivity contribution is -0.139. The minimum Gasteiger partial charge on any atom is -0.481 e. The molecule has 5 nitrogen and oxygen atoms in total. The molecule has 2 aromatic carbocycles. The van der Waals surface area contributed by atoms with Gasteiger partial charge in [-0.2, -0.15) is 5.26 Å². The van der Waals surface area contributed by atoms with Crippen LogP contribution in [0.4, 0.5) is 0 Å². The largest absolute Gasteiger partial charge is 0.481 e. The fourth-order valence-electron chi connectivity index (χ4n) is 3.47. The minimum atomic E-state index is -3.27. The highest BCUT2D eigenvalue weighted by Crippen LogP contribution is 2.45. The van der Waals surface area contributed by atoms with Crippen molar-refractivity contribution in [1.29, 1.82) is 5.26 Å². The van der Waals surface area contributed by atoms with Crippen LogP contribution < -0.4 is 0 Å². The maximum atomic E-state index is 11.6. The van der Waals surface area contributed by atoms with Gasteiger partial charge in [0.05, 0.1) is 22.4 Å². The summed E-state index contributed by atoms with van der Waals surface area (Å²) in [6, 6.07) is 13.9. The number of hydrogen-bond donors (Lipinski definition) is 1. The molecule has 0 aliphatic heterocycles. The highest BCUT2D eigenvalue weighted by Gasteiger charge is 2.30. The highest BCUT2D eigenvalue weighted by molar-refractivity contribution is 7.90. The third-order valence-corrected chi connectivity index (χ3v) is 6.09. The lowest BCUT2D eigenvalue weighted by Gasteiger charge is -2.11. The third-order valence-electron chi connectivity index (χ3n) is 4.96. The van der Waals surface area contributed by atoms with Crippen molar-refractivity contribution in [2.24, 2.45) is 5.92 Å². The van der Waals surface area contributed by atoms with Gasteiger partial charge in [-0.15, -0.1) is 0 Å². The quantitative estimate of drug-likeness (QED) is 0.847. The van der Waals surface area contributed by atoms with Gasteiger partial charge in [0.15, 0.2) is 9.84 Å². The number of nitriles is 1. The van der Waals surface area contributed by atoms with Crippen LogP contribution in [0.1, 0.15) is 36.1 Å². The molecular formula is C22H19NO4S. The van der Waals surface area contributed by atoms with Crippen LogP contribution in [0, 0.1) is 17.2 Å². The number of benzene rings is 2. The Balaban J connectivity index is 2.17. The zero-order chi connectivity index (χ0) is 20.6. The summed E-state index contributed by atoms with van der Waals surface area (Å²) in [7, 11) is -3.27. The number of rotatable bonds is 4. The first-order valence-electron chi connectivity index (χ1n) is 8.64. The van der Waals surface area contributed by atoms with Crippen LogP contribution in [-0.2, 0) is 14.6 Å². The number of aliphatic carboxylic acids is 1. The highest BCUT2D eigenvalue weighted by atomic mass is 32.2. The van der Waals surface area contributed by atoms with Gasteiger partial charge in [-0.3, -0.25) is 4.79 Å². The topological polar surface area (TPSA) is 95.2 Å². The lowest BCUT2D eigenvalue weighted by Crippen LogP contribution is -2.11. The smallest absolute Gasteiger partial charge is 0.310 e. The summed E-state index contributed by atoms with van der Waals surface area (Å²) in [5.41, 5.74) is 5.31. The van der Waals surface area contributed by atoms with Crippen molar-refractivity contribution in [3.05, 3.63) is 70.3 Å². The Kier molecular flexibility index (Phi) is 4.97. The molecule has 0 saturated carbocycles. The number of sulfone groups is 1. The second-order valence-electron chi connectivity index (χ2n) is 6.87. The molecule has 0 saturated heterocycles. The molecule has 0 radical (unpaired) electrons. The normalized spacial score (nSPS) is 16.0. The van der Waals surface area contributed by atoms with Crippen molar-refractivity contribution in [2.45, 2.75) is 18.7 Å². The first-order valence-corrected chi connectivity index (χ1v) is 10.5. The molecule has 3 rings (SSSR count). The molecule has 1 aliphatic rings. The SMILES string of the molecule is CC1=C(C(C)C(=O)O)c2cc(C#N)ccc2/C1=C/c1ccc(S(C)(=O)=O)cc1. The number of carboxylic acid groups (broad SMARTS) is 1. The minimum absolute atomic E-state index is 0.243. The van der Waals surface area contributed by atoms with E-state index in [0.29, 0.717) is 11.1 Å². The number of nitrogens with zero attached hydrogens (tertiary/aromatic N) is 1. The molecule has 1 atom stereocenters. The summed E-state index contributed by atoms with van der Waals surface area (Å²) in [6.45, 7) is 3.51. The molecule has 0 amide bonds. The van der Waals surface area contributed by atoms with E-state index in [1.54, 1.807) is 43.3 Å². The number of hydrogen-bond acceptors (Lipinski definition) is 4. The molecule has 0 fully saturated rings. The molecule has 0 heterocycles. The Labute approximate surface area is 164 Å². The van der Waals surface area contributed by atoms with Crippen LogP contribution >= 0.6 is 0 Å². The monoisotopic (exact) mass is 393 g/mol.